The fourth-order valence-electron chi connectivity index (χ4n) is 1.68. The van der Waals surface area contributed by atoms with Crippen molar-refractivity contribution in [2.45, 2.75) is 25.2 Å². The van der Waals surface area contributed by atoms with E-state index in [2.05, 4.69) is 42.3 Å². The minimum absolute atomic E-state index is 0.0590. The molecule has 0 unspecified atom stereocenters. The van der Waals surface area contributed by atoms with Crippen LogP contribution in [0.4, 0.5) is 0 Å². The molecule has 0 saturated carbocycles. The van der Waals surface area contributed by atoms with Crippen LogP contribution in [0.25, 0.3) is 0 Å². The Balaban J connectivity index is 2.12. The molecule has 1 N–H and O–H groups in total. The van der Waals surface area contributed by atoms with Gasteiger partial charge >= 0.3 is 0 Å². The summed E-state index contributed by atoms with van der Waals surface area (Å²) in [6, 6.07) is 8.33. The Morgan fingerprint density at radius 3 is 2.95 bits per heavy atom. The maximum atomic E-state index is 11.0. The van der Waals surface area contributed by atoms with Crippen LogP contribution in [0.3, 0.4) is 0 Å². The van der Waals surface area contributed by atoms with Crippen LogP contribution in [0.2, 0.25) is 0 Å². The van der Waals surface area contributed by atoms with Gasteiger partial charge < -0.3 is 5.32 Å². The van der Waals surface area contributed by atoms with Gasteiger partial charge in [-0.25, -0.2) is 0 Å². The summed E-state index contributed by atoms with van der Waals surface area (Å²) < 4.78 is 0. The Kier molecular flexibility index (Phi) is 4.48. The molecule has 19 heavy (non-hydrogen) atoms. The molecule has 0 spiro atoms. The summed E-state index contributed by atoms with van der Waals surface area (Å²) in [5.74, 6) is 6.13. The summed E-state index contributed by atoms with van der Waals surface area (Å²) in [4.78, 5) is 13.2. The topological polar surface area (TPSA) is 29.1 Å². The fourth-order valence-corrected chi connectivity index (χ4v) is 2.59. The number of benzene rings is 1. The maximum absolute atomic E-state index is 11.0. The standard InChI is InChI=1S/C16H15NOS/c1-12-5-3-8-16(11-12)19-15-7-4-6-14(9-10-15)17-13(2)18/h3,5,8-11H,6H2,1-2H3,(H,17,18). The van der Waals surface area contributed by atoms with Gasteiger partial charge in [-0.15, -0.1) is 0 Å². The molecule has 0 aromatic heterocycles. The molecule has 0 aliphatic heterocycles. The summed E-state index contributed by atoms with van der Waals surface area (Å²) in [6.07, 6.45) is 4.44. The Hall–Kier alpha value is -1.92. The van der Waals surface area contributed by atoms with E-state index in [1.807, 2.05) is 18.2 Å². The van der Waals surface area contributed by atoms with Crippen LogP contribution in [-0.4, -0.2) is 5.91 Å². The third kappa shape index (κ3) is 4.35. The number of rotatable bonds is 3. The highest BCUT2D eigenvalue weighted by Gasteiger charge is 2.03. The van der Waals surface area contributed by atoms with Crippen molar-refractivity contribution in [1.82, 2.24) is 5.32 Å². The van der Waals surface area contributed by atoms with Crippen molar-refractivity contribution in [3.8, 4) is 11.8 Å². The third-order valence-corrected chi connectivity index (χ3v) is 3.43. The second-order valence-corrected chi connectivity index (χ2v) is 5.42. The molecule has 0 atom stereocenters. The lowest BCUT2D eigenvalue weighted by Gasteiger charge is -2.02. The molecule has 0 saturated heterocycles. The Labute approximate surface area is 118 Å². The van der Waals surface area contributed by atoms with E-state index >= 15 is 0 Å². The van der Waals surface area contributed by atoms with Crippen LogP contribution in [0, 0.1) is 18.8 Å². The van der Waals surface area contributed by atoms with Gasteiger partial charge in [0.05, 0.1) is 4.91 Å². The van der Waals surface area contributed by atoms with Crippen molar-refractivity contribution >= 4 is 17.7 Å². The number of hydrogen-bond donors (Lipinski definition) is 1. The van der Waals surface area contributed by atoms with Crippen LogP contribution in [0.1, 0.15) is 18.9 Å². The molecule has 2 rings (SSSR count). The monoisotopic (exact) mass is 269 g/mol. The number of allylic oxidation sites excluding steroid dienone is 4. The molecule has 1 aliphatic rings. The SMILES string of the molecule is CC(=O)NC1=CC=C(Sc2cccc(C)c2)C#CC1. The maximum Gasteiger partial charge on any atom is 0.221 e. The Morgan fingerprint density at radius 1 is 1.37 bits per heavy atom. The van der Waals surface area contributed by atoms with E-state index in [-0.39, 0.29) is 5.91 Å². The zero-order valence-electron chi connectivity index (χ0n) is 11.0. The zero-order valence-corrected chi connectivity index (χ0v) is 11.8. The minimum Gasteiger partial charge on any atom is -0.329 e. The van der Waals surface area contributed by atoms with Crippen molar-refractivity contribution < 1.29 is 4.79 Å². The summed E-state index contributed by atoms with van der Waals surface area (Å²) >= 11 is 1.64. The molecule has 1 aliphatic carbocycles. The van der Waals surface area contributed by atoms with Gasteiger partial charge in [0.25, 0.3) is 0 Å². The summed E-state index contributed by atoms with van der Waals surface area (Å²) in [5, 5.41) is 2.78. The number of thioether (sulfide) groups is 1. The smallest absolute Gasteiger partial charge is 0.221 e. The highest BCUT2D eigenvalue weighted by Crippen LogP contribution is 2.27. The van der Waals surface area contributed by atoms with E-state index in [1.165, 1.54) is 17.4 Å². The van der Waals surface area contributed by atoms with E-state index < -0.39 is 0 Å². The number of nitrogens with one attached hydrogen (secondary N) is 1. The van der Waals surface area contributed by atoms with Crippen LogP contribution < -0.4 is 5.32 Å². The molecule has 3 heteroatoms. The van der Waals surface area contributed by atoms with Gasteiger partial charge in [-0.05, 0) is 31.2 Å². The van der Waals surface area contributed by atoms with Gasteiger partial charge in [-0.2, -0.15) is 0 Å². The predicted octanol–water partition coefficient (Wildman–Crippen LogP) is 3.40. The van der Waals surface area contributed by atoms with E-state index in [0.29, 0.717) is 6.42 Å². The number of amides is 1. The van der Waals surface area contributed by atoms with E-state index in [1.54, 1.807) is 11.8 Å². The first-order valence-corrected chi connectivity index (χ1v) is 6.87. The van der Waals surface area contributed by atoms with E-state index in [0.717, 1.165) is 10.6 Å². The molecule has 2 nitrogen and oxygen atoms in total. The largest absolute Gasteiger partial charge is 0.329 e. The highest BCUT2D eigenvalue weighted by molar-refractivity contribution is 8.03. The van der Waals surface area contributed by atoms with Crippen molar-refractivity contribution in [2.75, 3.05) is 0 Å². The lowest BCUT2D eigenvalue weighted by molar-refractivity contribution is -0.118. The molecular formula is C16H15NOS. The average molecular weight is 269 g/mol. The normalized spacial score (nSPS) is 13.6. The molecule has 1 aromatic carbocycles. The number of carbonyl (C=O) groups excluding carboxylic acids is 1. The Morgan fingerprint density at radius 2 is 2.21 bits per heavy atom. The first-order valence-electron chi connectivity index (χ1n) is 6.05. The van der Waals surface area contributed by atoms with Crippen LogP contribution in [0.15, 0.2) is 51.9 Å². The summed E-state index contributed by atoms with van der Waals surface area (Å²) in [7, 11) is 0. The lowest BCUT2D eigenvalue weighted by atomic mass is 10.2. The quantitative estimate of drug-likeness (QED) is 0.852. The molecular weight excluding hydrogens is 254 g/mol. The molecule has 0 radical (unpaired) electrons. The van der Waals surface area contributed by atoms with Gasteiger partial charge in [0.1, 0.15) is 0 Å². The van der Waals surface area contributed by atoms with Gasteiger partial charge in [0, 0.05) is 23.9 Å². The lowest BCUT2D eigenvalue weighted by Crippen LogP contribution is -2.18. The minimum atomic E-state index is -0.0590. The van der Waals surface area contributed by atoms with E-state index in [4.69, 9.17) is 0 Å². The van der Waals surface area contributed by atoms with Crippen molar-refractivity contribution in [1.29, 1.82) is 0 Å². The summed E-state index contributed by atoms with van der Waals surface area (Å²) in [5.41, 5.74) is 2.08. The molecule has 0 bridgehead atoms. The van der Waals surface area contributed by atoms with Crippen molar-refractivity contribution in [2.24, 2.45) is 0 Å². The average Bonchev–Trinajstić information content (AvgIpc) is 2.54. The van der Waals surface area contributed by atoms with Gasteiger partial charge in [-0.3, -0.25) is 4.79 Å². The first kappa shape index (κ1) is 13.5. The zero-order chi connectivity index (χ0) is 13.7. The molecule has 0 fully saturated rings. The van der Waals surface area contributed by atoms with Crippen molar-refractivity contribution in [3.63, 3.8) is 0 Å². The molecule has 1 amide bonds. The van der Waals surface area contributed by atoms with Gasteiger partial charge in [-0.1, -0.05) is 41.3 Å². The second kappa shape index (κ2) is 6.31. The molecule has 96 valence electrons. The van der Waals surface area contributed by atoms with Crippen LogP contribution >= 0.6 is 11.8 Å². The molecule has 0 heterocycles. The highest BCUT2D eigenvalue weighted by atomic mass is 32.2. The second-order valence-electron chi connectivity index (χ2n) is 4.30. The fraction of sp³-hybridized carbons (Fsp3) is 0.188. The molecule has 1 aromatic rings. The summed E-state index contributed by atoms with van der Waals surface area (Å²) in [6.45, 7) is 3.58. The number of hydrogen-bond acceptors (Lipinski definition) is 2. The van der Waals surface area contributed by atoms with Crippen LogP contribution in [-0.2, 0) is 4.79 Å². The van der Waals surface area contributed by atoms with Gasteiger partial charge in [0.15, 0.2) is 0 Å². The number of aryl methyl sites for hydroxylation is 1. The van der Waals surface area contributed by atoms with Crippen LogP contribution in [0.5, 0.6) is 0 Å². The first-order chi connectivity index (χ1) is 9.13. The van der Waals surface area contributed by atoms with Crippen molar-refractivity contribution in [3.05, 3.63) is 52.6 Å². The van der Waals surface area contributed by atoms with Gasteiger partial charge in [0.2, 0.25) is 5.91 Å². The predicted molar refractivity (Wildman–Crippen MR) is 79.4 cm³/mol. The third-order valence-electron chi connectivity index (χ3n) is 2.48. The number of carbonyl (C=O) groups is 1. The van der Waals surface area contributed by atoms with E-state index in [9.17, 15) is 4.79 Å². The Bertz CT molecular complexity index is 617.